The predicted molar refractivity (Wildman–Crippen MR) is 113 cm³/mol. The van der Waals surface area contributed by atoms with Gasteiger partial charge in [0.25, 0.3) is 5.91 Å². The Hall–Kier alpha value is -3.12. The van der Waals surface area contributed by atoms with Crippen LogP contribution in [-0.4, -0.2) is 20.1 Å². The van der Waals surface area contributed by atoms with Crippen LogP contribution >= 0.6 is 0 Å². The summed E-state index contributed by atoms with van der Waals surface area (Å²) in [6, 6.07) is 12.9. The Balaban J connectivity index is 1.62. The fraction of sp³-hybridized carbons (Fsp3) is 0.304. The molecule has 0 spiro atoms. The number of fused-ring (bicyclic) bond motifs is 1. The van der Waals surface area contributed by atoms with E-state index in [2.05, 4.69) is 10.6 Å². The Kier molecular flexibility index (Phi) is 4.88. The highest BCUT2D eigenvalue weighted by atomic mass is 16.5. The zero-order valence-corrected chi connectivity index (χ0v) is 16.8. The lowest BCUT2D eigenvalue weighted by molar-refractivity contribution is 0.102. The monoisotopic (exact) mass is 392 g/mol. The SMILES string of the molecule is CCc1c(OC)ccc2cc(C(=O)Nc3ccc(C4(NC)CC4)cc3)c(=O)oc12. The van der Waals surface area contributed by atoms with Crippen LogP contribution in [0.2, 0.25) is 0 Å². The first-order valence-electron chi connectivity index (χ1n) is 9.76. The van der Waals surface area contributed by atoms with Gasteiger partial charge in [-0.3, -0.25) is 4.79 Å². The van der Waals surface area contributed by atoms with Crippen molar-refractivity contribution in [3.8, 4) is 5.75 Å². The average Bonchev–Trinajstić information content (AvgIpc) is 3.54. The highest BCUT2D eigenvalue weighted by Gasteiger charge is 2.42. The molecule has 0 bridgehead atoms. The average molecular weight is 392 g/mol. The molecular formula is C23H24N2O4. The summed E-state index contributed by atoms with van der Waals surface area (Å²) in [6.45, 7) is 1.96. The molecule has 1 aromatic heterocycles. The van der Waals surface area contributed by atoms with Gasteiger partial charge in [0, 0.05) is 22.2 Å². The van der Waals surface area contributed by atoms with Gasteiger partial charge < -0.3 is 19.8 Å². The van der Waals surface area contributed by atoms with E-state index in [0.29, 0.717) is 28.8 Å². The number of amides is 1. The van der Waals surface area contributed by atoms with Crippen molar-refractivity contribution in [3.63, 3.8) is 0 Å². The normalized spacial score (nSPS) is 14.6. The van der Waals surface area contributed by atoms with Crippen LogP contribution in [0.15, 0.2) is 51.7 Å². The Morgan fingerprint density at radius 2 is 1.90 bits per heavy atom. The van der Waals surface area contributed by atoms with Crippen LogP contribution < -0.4 is 21.0 Å². The smallest absolute Gasteiger partial charge is 0.349 e. The topological polar surface area (TPSA) is 80.6 Å². The molecule has 1 heterocycles. The minimum Gasteiger partial charge on any atom is -0.496 e. The first-order valence-corrected chi connectivity index (χ1v) is 9.76. The third-order valence-electron chi connectivity index (χ3n) is 5.70. The van der Waals surface area contributed by atoms with Crippen LogP contribution in [0.5, 0.6) is 5.75 Å². The number of methoxy groups -OCH3 is 1. The van der Waals surface area contributed by atoms with E-state index in [1.807, 2.05) is 44.3 Å². The summed E-state index contributed by atoms with van der Waals surface area (Å²) in [4.78, 5) is 25.2. The lowest BCUT2D eigenvalue weighted by atomic mass is 10.0. The number of carbonyl (C=O) groups excluding carboxylic acids is 1. The summed E-state index contributed by atoms with van der Waals surface area (Å²) in [5, 5.41) is 6.82. The van der Waals surface area contributed by atoms with Gasteiger partial charge in [-0.25, -0.2) is 4.79 Å². The lowest BCUT2D eigenvalue weighted by Crippen LogP contribution is -2.24. The number of benzene rings is 2. The van der Waals surface area contributed by atoms with Crippen LogP contribution in [-0.2, 0) is 12.0 Å². The fourth-order valence-corrected chi connectivity index (χ4v) is 3.79. The Morgan fingerprint density at radius 3 is 2.48 bits per heavy atom. The summed E-state index contributed by atoms with van der Waals surface area (Å²) in [5.41, 5.74) is 2.48. The van der Waals surface area contributed by atoms with E-state index in [9.17, 15) is 9.59 Å². The molecule has 2 N–H and O–H groups in total. The molecule has 2 aromatic carbocycles. The van der Waals surface area contributed by atoms with Crippen molar-refractivity contribution in [3.05, 3.63) is 69.6 Å². The Bertz CT molecular complexity index is 1130. The van der Waals surface area contributed by atoms with Crippen molar-refractivity contribution < 1.29 is 13.9 Å². The third kappa shape index (κ3) is 3.40. The standard InChI is InChI=1S/C23H24N2O4/c1-4-17-19(28-3)10-5-14-13-18(22(27)29-20(14)17)21(26)25-16-8-6-15(7-9-16)23(24-2)11-12-23/h5-10,13,24H,4,11-12H2,1-3H3,(H,25,26). The molecule has 0 aliphatic heterocycles. The molecule has 4 rings (SSSR count). The van der Waals surface area contributed by atoms with E-state index >= 15 is 0 Å². The molecule has 0 atom stereocenters. The van der Waals surface area contributed by atoms with E-state index in [1.165, 1.54) is 5.56 Å². The number of nitrogens with one attached hydrogen (secondary N) is 2. The number of aryl methyl sites for hydroxylation is 1. The lowest BCUT2D eigenvalue weighted by Gasteiger charge is -2.15. The molecule has 150 valence electrons. The molecule has 29 heavy (non-hydrogen) atoms. The summed E-state index contributed by atoms with van der Waals surface area (Å²) in [7, 11) is 3.54. The molecule has 3 aromatic rings. The van der Waals surface area contributed by atoms with Gasteiger partial charge in [-0.15, -0.1) is 0 Å². The molecule has 1 aliphatic carbocycles. The minimum atomic E-state index is -0.665. The summed E-state index contributed by atoms with van der Waals surface area (Å²) in [5.74, 6) is 0.174. The maximum atomic E-state index is 12.7. The number of rotatable bonds is 6. The van der Waals surface area contributed by atoms with Crippen LogP contribution in [0, 0.1) is 0 Å². The molecule has 1 fully saturated rings. The number of anilines is 1. The van der Waals surface area contributed by atoms with E-state index < -0.39 is 11.5 Å². The van der Waals surface area contributed by atoms with E-state index in [0.717, 1.165) is 18.4 Å². The summed E-state index contributed by atoms with van der Waals surface area (Å²) in [6.07, 6.45) is 2.87. The van der Waals surface area contributed by atoms with Gasteiger partial charge in [0.2, 0.25) is 0 Å². The molecule has 1 aliphatic rings. The largest absolute Gasteiger partial charge is 0.496 e. The van der Waals surface area contributed by atoms with Crippen molar-refractivity contribution in [1.29, 1.82) is 0 Å². The van der Waals surface area contributed by atoms with Gasteiger partial charge >= 0.3 is 5.63 Å². The number of hydrogen-bond donors (Lipinski definition) is 2. The molecule has 6 nitrogen and oxygen atoms in total. The molecule has 1 amide bonds. The van der Waals surface area contributed by atoms with Crippen molar-refractivity contribution in [2.75, 3.05) is 19.5 Å². The minimum absolute atomic E-state index is 0.0253. The maximum Gasteiger partial charge on any atom is 0.349 e. The van der Waals surface area contributed by atoms with Crippen molar-refractivity contribution >= 4 is 22.6 Å². The number of carbonyl (C=O) groups is 1. The maximum absolute atomic E-state index is 12.7. The number of ether oxygens (including phenoxy) is 1. The zero-order valence-electron chi connectivity index (χ0n) is 16.8. The Morgan fingerprint density at radius 1 is 1.17 bits per heavy atom. The zero-order chi connectivity index (χ0) is 20.6. The third-order valence-corrected chi connectivity index (χ3v) is 5.70. The highest BCUT2D eigenvalue weighted by molar-refractivity contribution is 6.05. The van der Waals surface area contributed by atoms with Gasteiger partial charge in [-0.2, -0.15) is 0 Å². The van der Waals surface area contributed by atoms with Crippen LogP contribution in [0.3, 0.4) is 0 Å². The quantitative estimate of drug-likeness (QED) is 0.623. The van der Waals surface area contributed by atoms with E-state index in [4.69, 9.17) is 9.15 Å². The van der Waals surface area contributed by atoms with Gasteiger partial charge in [-0.05, 0) is 62.2 Å². The van der Waals surface area contributed by atoms with Gasteiger partial charge in [0.1, 0.15) is 16.9 Å². The molecule has 0 unspecified atom stereocenters. The second-order valence-electron chi connectivity index (χ2n) is 7.33. The van der Waals surface area contributed by atoms with Crippen molar-refractivity contribution in [2.45, 2.75) is 31.7 Å². The van der Waals surface area contributed by atoms with E-state index in [-0.39, 0.29) is 11.1 Å². The molecular weight excluding hydrogens is 368 g/mol. The number of hydrogen-bond acceptors (Lipinski definition) is 5. The van der Waals surface area contributed by atoms with Crippen LogP contribution in [0.1, 0.15) is 41.3 Å². The summed E-state index contributed by atoms with van der Waals surface area (Å²) >= 11 is 0. The van der Waals surface area contributed by atoms with E-state index in [1.54, 1.807) is 19.2 Å². The molecule has 0 saturated heterocycles. The van der Waals surface area contributed by atoms with Crippen molar-refractivity contribution in [1.82, 2.24) is 5.32 Å². The van der Waals surface area contributed by atoms with Crippen LogP contribution in [0.4, 0.5) is 5.69 Å². The molecule has 6 heteroatoms. The van der Waals surface area contributed by atoms with Crippen LogP contribution in [0.25, 0.3) is 11.0 Å². The fourth-order valence-electron chi connectivity index (χ4n) is 3.79. The first-order chi connectivity index (χ1) is 14.0. The molecule has 0 radical (unpaired) electrons. The highest BCUT2D eigenvalue weighted by Crippen LogP contribution is 2.45. The first kappa shape index (κ1) is 19.2. The summed E-state index contributed by atoms with van der Waals surface area (Å²) < 4.78 is 10.8. The van der Waals surface area contributed by atoms with Crippen molar-refractivity contribution in [2.24, 2.45) is 0 Å². The van der Waals surface area contributed by atoms with Gasteiger partial charge in [-0.1, -0.05) is 19.1 Å². The Labute approximate surface area is 168 Å². The second kappa shape index (κ2) is 7.37. The molecule has 1 saturated carbocycles. The predicted octanol–water partition coefficient (Wildman–Crippen LogP) is 3.82. The van der Waals surface area contributed by atoms with Gasteiger partial charge in [0.05, 0.1) is 7.11 Å². The van der Waals surface area contributed by atoms with Gasteiger partial charge in [0.15, 0.2) is 0 Å². The second-order valence-corrected chi connectivity index (χ2v) is 7.33.